The molecule has 2 aromatic rings. The number of nitrogens with zero attached hydrogens (tertiary/aromatic N) is 1. The van der Waals surface area contributed by atoms with Gasteiger partial charge in [0, 0.05) is 5.39 Å². The van der Waals surface area contributed by atoms with Crippen molar-refractivity contribution in [3.63, 3.8) is 0 Å². The van der Waals surface area contributed by atoms with E-state index in [1.807, 2.05) is 24.3 Å². The Morgan fingerprint density at radius 1 is 1.47 bits per heavy atom. The number of hydrogen-bond donors (Lipinski definition) is 4. The molecule has 0 saturated carbocycles. The van der Waals surface area contributed by atoms with Crippen LogP contribution in [0.5, 0.6) is 5.88 Å². The van der Waals surface area contributed by atoms with Crippen molar-refractivity contribution in [1.82, 2.24) is 4.98 Å². The number of thiocarbonyl (C=S) groups is 1. The van der Waals surface area contributed by atoms with E-state index in [1.54, 1.807) is 0 Å². The fourth-order valence-electron chi connectivity index (χ4n) is 1.39. The summed E-state index contributed by atoms with van der Waals surface area (Å²) in [5.74, 6) is -0.0119. The smallest absolute Gasteiger partial charge is 0.217 e. The summed E-state index contributed by atoms with van der Waals surface area (Å²) in [5, 5.41) is 16.1. The molecule has 1 aromatic heterocycles. The zero-order valence-electron chi connectivity index (χ0n) is 7.61. The largest absolute Gasteiger partial charge is 0.493 e. The third-order valence-electron chi connectivity index (χ3n) is 2.02. The van der Waals surface area contributed by atoms with E-state index in [1.165, 1.54) is 0 Å². The van der Waals surface area contributed by atoms with Gasteiger partial charge in [-0.15, -0.1) is 5.11 Å². The van der Waals surface area contributed by atoms with Crippen molar-refractivity contribution in [2.75, 3.05) is 5.32 Å². The van der Waals surface area contributed by atoms with Gasteiger partial charge in [-0.2, -0.15) is 0 Å². The van der Waals surface area contributed by atoms with Crippen LogP contribution in [-0.2, 0) is 0 Å². The van der Waals surface area contributed by atoms with Crippen LogP contribution in [0.3, 0.4) is 0 Å². The maximum Gasteiger partial charge on any atom is 0.217 e. The van der Waals surface area contributed by atoms with Gasteiger partial charge >= 0.3 is 0 Å². The molecule has 0 saturated heterocycles. The fourth-order valence-corrected chi connectivity index (χ4v) is 1.49. The Hall–Kier alpha value is -1.95. The van der Waals surface area contributed by atoms with Crippen LogP contribution in [0.15, 0.2) is 29.4 Å². The third kappa shape index (κ3) is 1.66. The molecule has 6 heteroatoms. The standard InChI is InChI=1S/C9H8N4OS/c10-13-9(15)12-7-5-3-1-2-4-6(5)11-8(7)14/h1-4,10-11,14H,(H,12,15). The fraction of sp³-hybridized carbons (Fsp3) is 0. The number of aromatic amines is 1. The topological polar surface area (TPSA) is 84.3 Å². The number of benzene rings is 1. The lowest BCUT2D eigenvalue weighted by Gasteiger charge is -2.00. The molecule has 0 aliphatic carbocycles. The van der Waals surface area contributed by atoms with Crippen molar-refractivity contribution in [3.8, 4) is 5.88 Å². The second kappa shape index (κ2) is 3.66. The Balaban J connectivity index is 2.54. The molecule has 0 aliphatic rings. The molecule has 0 fully saturated rings. The highest BCUT2D eigenvalue weighted by Gasteiger charge is 2.10. The number of aromatic hydroxyl groups is 1. The molecule has 2 rings (SSSR count). The molecule has 0 atom stereocenters. The Morgan fingerprint density at radius 3 is 2.93 bits per heavy atom. The van der Waals surface area contributed by atoms with Crippen molar-refractivity contribution in [1.29, 1.82) is 5.53 Å². The van der Waals surface area contributed by atoms with Gasteiger partial charge in [-0.1, -0.05) is 18.2 Å². The Bertz CT molecular complexity index is 534. The quantitative estimate of drug-likeness (QED) is 0.440. The van der Waals surface area contributed by atoms with E-state index in [-0.39, 0.29) is 11.0 Å². The predicted octanol–water partition coefficient (Wildman–Crippen LogP) is 2.60. The lowest BCUT2D eigenvalue weighted by atomic mass is 10.2. The van der Waals surface area contributed by atoms with Gasteiger partial charge in [0.1, 0.15) is 5.69 Å². The second-order valence-corrected chi connectivity index (χ2v) is 3.32. The van der Waals surface area contributed by atoms with E-state index in [4.69, 9.17) is 17.7 Å². The molecule has 1 heterocycles. The number of nitrogens with one attached hydrogen (secondary N) is 3. The van der Waals surface area contributed by atoms with Crippen molar-refractivity contribution in [2.24, 2.45) is 5.11 Å². The molecule has 0 unspecified atom stereocenters. The summed E-state index contributed by atoms with van der Waals surface area (Å²) in [6, 6.07) is 7.37. The molecule has 4 N–H and O–H groups in total. The number of anilines is 1. The summed E-state index contributed by atoms with van der Waals surface area (Å²) in [6.45, 7) is 0. The molecule has 0 amide bonds. The van der Waals surface area contributed by atoms with Crippen molar-refractivity contribution in [3.05, 3.63) is 24.3 Å². The Kier molecular flexibility index (Phi) is 2.34. The van der Waals surface area contributed by atoms with Crippen LogP contribution in [0.1, 0.15) is 0 Å². The highest BCUT2D eigenvalue weighted by molar-refractivity contribution is 7.80. The van der Waals surface area contributed by atoms with Crippen LogP contribution in [-0.4, -0.2) is 15.2 Å². The maximum atomic E-state index is 9.60. The average molecular weight is 220 g/mol. The monoisotopic (exact) mass is 220 g/mol. The number of rotatable bonds is 1. The first-order chi connectivity index (χ1) is 7.22. The van der Waals surface area contributed by atoms with E-state index >= 15 is 0 Å². The number of aromatic nitrogens is 1. The summed E-state index contributed by atoms with van der Waals surface area (Å²) in [4.78, 5) is 2.79. The number of fused-ring (bicyclic) bond motifs is 1. The molecule has 1 aromatic carbocycles. The lowest BCUT2D eigenvalue weighted by Crippen LogP contribution is -2.03. The lowest BCUT2D eigenvalue weighted by molar-refractivity contribution is 0.461. The molecule has 0 aliphatic heterocycles. The summed E-state index contributed by atoms with van der Waals surface area (Å²) in [5.41, 5.74) is 7.97. The van der Waals surface area contributed by atoms with E-state index < -0.39 is 0 Å². The van der Waals surface area contributed by atoms with Gasteiger partial charge in [0.15, 0.2) is 0 Å². The average Bonchev–Trinajstić information content (AvgIpc) is 2.55. The van der Waals surface area contributed by atoms with Gasteiger partial charge in [-0.05, 0) is 18.3 Å². The number of para-hydroxylation sites is 1. The minimum atomic E-state index is -0.0119. The minimum Gasteiger partial charge on any atom is -0.493 e. The summed E-state index contributed by atoms with van der Waals surface area (Å²) in [6.07, 6.45) is 0. The summed E-state index contributed by atoms with van der Waals surface area (Å²) in [7, 11) is 0. The van der Waals surface area contributed by atoms with Crippen molar-refractivity contribution < 1.29 is 5.11 Å². The van der Waals surface area contributed by atoms with E-state index in [2.05, 4.69) is 15.4 Å². The van der Waals surface area contributed by atoms with Crippen LogP contribution in [0.2, 0.25) is 0 Å². The first-order valence-corrected chi connectivity index (χ1v) is 4.61. The van der Waals surface area contributed by atoms with Crippen LogP contribution in [0, 0.1) is 5.53 Å². The van der Waals surface area contributed by atoms with Gasteiger partial charge in [0.25, 0.3) is 0 Å². The first-order valence-electron chi connectivity index (χ1n) is 4.20. The van der Waals surface area contributed by atoms with Crippen LogP contribution in [0.25, 0.3) is 10.9 Å². The van der Waals surface area contributed by atoms with Crippen molar-refractivity contribution in [2.45, 2.75) is 0 Å². The summed E-state index contributed by atoms with van der Waals surface area (Å²) >= 11 is 4.74. The highest BCUT2D eigenvalue weighted by atomic mass is 32.1. The number of hydrogen-bond acceptors (Lipinski definition) is 3. The van der Waals surface area contributed by atoms with Gasteiger partial charge < -0.3 is 15.4 Å². The van der Waals surface area contributed by atoms with Crippen LogP contribution < -0.4 is 5.32 Å². The zero-order valence-corrected chi connectivity index (χ0v) is 8.43. The second-order valence-electron chi connectivity index (χ2n) is 2.94. The molecular weight excluding hydrogens is 212 g/mol. The molecule has 15 heavy (non-hydrogen) atoms. The molecule has 0 spiro atoms. The van der Waals surface area contributed by atoms with E-state index in [9.17, 15) is 5.11 Å². The van der Waals surface area contributed by atoms with Gasteiger partial charge in [-0.25, -0.2) is 5.53 Å². The van der Waals surface area contributed by atoms with Gasteiger partial charge in [0.2, 0.25) is 11.0 Å². The van der Waals surface area contributed by atoms with E-state index in [0.29, 0.717) is 5.69 Å². The molecular formula is C9H8N4OS. The third-order valence-corrected chi connectivity index (χ3v) is 2.21. The zero-order chi connectivity index (χ0) is 10.8. The molecule has 0 radical (unpaired) electrons. The number of H-pyrrole nitrogens is 1. The highest BCUT2D eigenvalue weighted by Crippen LogP contribution is 2.32. The maximum absolute atomic E-state index is 9.60. The van der Waals surface area contributed by atoms with Crippen molar-refractivity contribution >= 4 is 33.9 Å². The Morgan fingerprint density at radius 2 is 2.20 bits per heavy atom. The van der Waals surface area contributed by atoms with Crippen LogP contribution >= 0.6 is 12.2 Å². The molecule has 0 bridgehead atoms. The van der Waals surface area contributed by atoms with Gasteiger partial charge in [0.05, 0.1) is 5.52 Å². The minimum absolute atomic E-state index is 0.00931. The first kappa shape index (κ1) is 9.60. The van der Waals surface area contributed by atoms with E-state index in [0.717, 1.165) is 10.9 Å². The SMILES string of the molecule is N=NC(=S)Nc1c(O)[nH]c2ccccc12. The normalized spacial score (nSPS) is 10.1. The summed E-state index contributed by atoms with van der Waals surface area (Å²) < 4.78 is 0. The van der Waals surface area contributed by atoms with Gasteiger partial charge in [-0.3, -0.25) is 0 Å². The van der Waals surface area contributed by atoms with Crippen LogP contribution in [0.4, 0.5) is 5.69 Å². The predicted molar refractivity (Wildman–Crippen MR) is 61.3 cm³/mol. The Labute approximate surface area is 90.6 Å². The molecule has 76 valence electrons. The molecule has 5 nitrogen and oxygen atoms in total.